The van der Waals surface area contributed by atoms with Gasteiger partial charge in [-0.3, -0.25) is 9.59 Å². The van der Waals surface area contributed by atoms with Crippen LogP contribution in [-0.4, -0.2) is 18.3 Å². The molecule has 5 heteroatoms. The van der Waals surface area contributed by atoms with Gasteiger partial charge >= 0.3 is 0 Å². The molecule has 1 N–H and O–H groups in total. The Hall–Kier alpha value is -3.13. The van der Waals surface area contributed by atoms with Crippen LogP contribution in [0.3, 0.4) is 0 Å². The zero-order chi connectivity index (χ0) is 18.2. The van der Waals surface area contributed by atoms with Gasteiger partial charge in [0.05, 0.1) is 18.4 Å². The van der Waals surface area contributed by atoms with Crippen LogP contribution in [0.25, 0.3) is 0 Å². The van der Waals surface area contributed by atoms with Crippen molar-refractivity contribution in [3.63, 3.8) is 0 Å². The molecule has 5 nitrogen and oxygen atoms in total. The number of para-hydroxylation sites is 2. The zero-order valence-corrected chi connectivity index (χ0v) is 14.3. The van der Waals surface area contributed by atoms with Gasteiger partial charge in [-0.25, -0.2) is 0 Å². The molecule has 0 saturated heterocycles. The molecule has 0 saturated carbocycles. The lowest BCUT2D eigenvalue weighted by atomic mass is 9.96. The summed E-state index contributed by atoms with van der Waals surface area (Å²) in [6.45, 7) is 4.29. The number of hydrogen-bond acceptors (Lipinski definition) is 4. The summed E-state index contributed by atoms with van der Waals surface area (Å²) in [6, 6.07) is 15.6. The summed E-state index contributed by atoms with van der Waals surface area (Å²) in [5, 5.41) is 11.9. The Balaban J connectivity index is 2.18. The van der Waals surface area contributed by atoms with Gasteiger partial charge in [-0.05, 0) is 31.0 Å². The first kappa shape index (κ1) is 18.2. The highest BCUT2D eigenvalue weighted by atomic mass is 16.5. The number of nitrogens with zero attached hydrogens (tertiary/aromatic N) is 1. The lowest BCUT2D eigenvalue weighted by Crippen LogP contribution is -2.28. The molecule has 0 bridgehead atoms. The number of rotatable bonds is 7. The van der Waals surface area contributed by atoms with Crippen molar-refractivity contribution >= 4 is 17.4 Å². The second-order valence-electron chi connectivity index (χ2n) is 5.40. The fourth-order valence-corrected chi connectivity index (χ4v) is 2.36. The molecule has 25 heavy (non-hydrogen) atoms. The number of anilines is 1. The zero-order valence-electron chi connectivity index (χ0n) is 14.3. The number of hydrogen-bond donors (Lipinski definition) is 1. The van der Waals surface area contributed by atoms with Gasteiger partial charge in [0.1, 0.15) is 5.75 Å². The first-order chi connectivity index (χ1) is 12.1. The molecule has 1 amide bonds. The van der Waals surface area contributed by atoms with E-state index >= 15 is 0 Å². The predicted octanol–water partition coefficient (Wildman–Crippen LogP) is 3.61. The number of Topliss-reactive ketones (excluding diaryl/α,β-unsaturated/α-hetero) is 1. The van der Waals surface area contributed by atoms with Crippen LogP contribution in [0, 0.1) is 17.2 Å². The number of aryl methyl sites for hydroxylation is 1. The fraction of sp³-hybridized carbons (Fsp3) is 0.250. The van der Waals surface area contributed by atoms with E-state index in [1.807, 2.05) is 26.0 Å². The van der Waals surface area contributed by atoms with Crippen LogP contribution in [0.1, 0.15) is 29.8 Å². The van der Waals surface area contributed by atoms with E-state index in [2.05, 4.69) is 5.32 Å². The molecular formula is C20H20N2O3. The van der Waals surface area contributed by atoms with Gasteiger partial charge in [0, 0.05) is 5.56 Å². The monoisotopic (exact) mass is 336 g/mol. The summed E-state index contributed by atoms with van der Waals surface area (Å²) in [5.41, 5.74) is 1.86. The van der Waals surface area contributed by atoms with Crippen LogP contribution in [-0.2, 0) is 11.2 Å². The van der Waals surface area contributed by atoms with E-state index in [-0.39, 0.29) is 0 Å². The largest absolute Gasteiger partial charge is 0.492 e. The minimum absolute atomic E-state index is 0.344. The maximum atomic E-state index is 12.5. The minimum atomic E-state index is -1.41. The van der Waals surface area contributed by atoms with E-state index in [9.17, 15) is 14.9 Å². The lowest BCUT2D eigenvalue weighted by Gasteiger charge is -2.13. The summed E-state index contributed by atoms with van der Waals surface area (Å²) < 4.78 is 5.44. The van der Waals surface area contributed by atoms with Crippen LogP contribution >= 0.6 is 0 Å². The summed E-state index contributed by atoms with van der Waals surface area (Å²) in [6.07, 6.45) is 0.852. The molecule has 1 atom stereocenters. The molecular weight excluding hydrogens is 316 g/mol. The van der Waals surface area contributed by atoms with Crippen molar-refractivity contribution in [1.82, 2.24) is 0 Å². The van der Waals surface area contributed by atoms with Crippen molar-refractivity contribution in [3.05, 3.63) is 59.7 Å². The molecule has 0 radical (unpaired) electrons. The van der Waals surface area contributed by atoms with E-state index in [4.69, 9.17) is 4.74 Å². The second-order valence-corrected chi connectivity index (χ2v) is 5.40. The molecule has 128 valence electrons. The summed E-state index contributed by atoms with van der Waals surface area (Å²) in [7, 11) is 0. The number of carbonyl (C=O) groups excluding carboxylic acids is 2. The Kier molecular flexibility index (Phi) is 6.30. The third-order valence-electron chi connectivity index (χ3n) is 3.74. The fourth-order valence-electron chi connectivity index (χ4n) is 2.36. The number of ether oxygens (including phenoxy) is 1. The van der Waals surface area contributed by atoms with Gasteiger partial charge in [0.15, 0.2) is 11.7 Å². The standard InChI is InChI=1S/C20H20N2O3/c1-3-14-9-11-15(12-10-14)19(23)16(13-21)20(24)22-17-7-5-6-8-18(17)25-4-2/h5-12,16H,3-4H2,1-2H3,(H,22,24). The molecule has 2 rings (SSSR count). The van der Waals surface area contributed by atoms with E-state index in [0.29, 0.717) is 23.6 Å². The van der Waals surface area contributed by atoms with Crippen LogP contribution < -0.4 is 10.1 Å². The van der Waals surface area contributed by atoms with Crippen LogP contribution in [0.4, 0.5) is 5.69 Å². The molecule has 0 fully saturated rings. The van der Waals surface area contributed by atoms with Crippen molar-refractivity contribution in [3.8, 4) is 11.8 Å². The van der Waals surface area contributed by atoms with Crippen molar-refractivity contribution in [2.24, 2.45) is 5.92 Å². The predicted molar refractivity (Wildman–Crippen MR) is 95.5 cm³/mol. The van der Waals surface area contributed by atoms with Crippen LogP contribution in [0.2, 0.25) is 0 Å². The maximum Gasteiger partial charge on any atom is 0.249 e. The van der Waals surface area contributed by atoms with Crippen LogP contribution in [0.15, 0.2) is 48.5 Å². The van der Waals surface area contributed by atoms with Crippen molar-refractivity contribution in [2.45, 2.75) is 20.3 Å². The molecule has 0 aliphatic carbocycles. The van der Waals surface area contributed by atoms with Crippen molar-refractivity contribution in [2.75, 3.05) is 11.9 Å². The topological polar surface area (TPSA) is 79.2 Å². The molecule has 0 aliphatic heterocycles. The summed E-state index contributed by atoms with van der Waals surface area (Å²) in [5.74, 6) is -2.10. The average molecular weight is 336 g/mol. The van der Waals surface area contributed by atoms with Gasteiger partial charge in [-0.1, -0.05) is 43.3 Å². The second kappa shape index (κ2) is 8.65. The molecule has 0 spiro atoms. The molecule has 0 heterocycles. The number of nitriles is 1. The van der Waals surface area contributed by atoms with E-state index < -0.39 is 17.6 Å². The molecule has 2 aromatic carbocycles. The smallest absolute Gasteiger partial charge is 0.249 e. The first-order valence-electron chi connectivity index (χ1n) is 8.16. The van der Waals surface area contributed by atoms with Gasteiger partial charge in [0.2, 0.25) is 5.91 Å². The highest BCUT2D eigenvalue weighted by Crippen LogP contribution is 2.24. The Bertz CT molecular complexity index is 791. The first-order valence-corrected chi connectivity index (χ1v) is 8.16. The highest BCUT2D eigenvalue weighted by molar-refractivity contribution is 6.15. The summed E-state index contributed by atoms with van der Waals surface area (Å²) >= 11 is 0. The third kappa shape index (κ3) is 4.45. The number of benzene rings is 2. The maximum absolute atomic E-state index is 12.5. The Morgan fingerprint density at radius 3 is 2.40 bits per heavy atom. The number of carbonyl (C=O) groups is 2. The van der Waals surface area contributed by atoms with E-state index in [1.54, 1.807) is 42.5 Å². The average Bonchev–Trinajstić information content (AvgIpc) is 2.64. The van der Waals surface area contributed by atoms with Crippen LogP contribution in [0.5, 0.6) is 5.75 Å². The molecule has 0 aromatic heterocycles. The minimum Gasteiger partial charge on any atom is -0.492 e. The number of nitrogens with one attached hydrogen (secondary N) is 1. The number of amides is 1. The third-order valence-corrected chi connectivity index (χ3v) is 3.74. The highest BCUT2D eigenvalue weighted by Gasteiger charge is 2.28. The molecule has 1 unspecified atom stereocenters. The quantitative estimate of drug-likeness (QED) is 0.619. The Morgan fingerprint density at radius 2 is 1.80 bits per heavy atom. The lowest BCUT2D eigenvalue weighted by molar-refractivity contribution is -0.117. The Labute approximate surface area is 147 Å². The van der Waals surface area contributed by atoms with E-state index in [1.165, 1.54) is 0 Å². The normalized spacial score (nSPS) is 11.2. The molecule has 2 aromatic rings. The van der Waals surface area contributed by atoms with Crippen molar-refractivity contribution in [1.29, 1.82) is 5.26 Å². The SMILES string of the molecule is CCOc1ccccc1NC(=O)C(C#N)C(=O)c1ccc(CC)cc1. The van der Waals surface area contributed by atoms with Gasteiger partial charge in [0.25, 0.3) is 0 Å². The van der Waals surface area contributed by atoms with Gasteiger partial charge in [-0.2, -0.15) is 5.26 Å². The summed E-state index contributed by atoms with van der Waals surface area (Å²) in [4.78, 5) is 24.9. The Morgan fingerprint density at radius 1 is 1.12 bits per heavy atom. The molecule has 0 aliphatic rings. The van der Waals surface area contributed by atoms with Gasteiger partial charge < -0.3 is 10.1 Å². The number of ketones is 1. The van der Waals surface area contributed by atoms with Gasteiger partial charge in [-0.15, -0.1) is 0 Å². The van der Waals surface area contributed by atoms with Crippen molar-refractivity contribution < 1.29 is 14.3 Å². The van der Waals surface area contributed by atoms with E-state index in [0.717, 1.165) is 12.0 Å².